The minimum atomic E-state index is -4.43. The summed E-state index contributed by atoms with van der Waals surface area (Å²) in [7, 11) is -3.84. The van der Waals surface area contributed by atoms with Crippen molar-refractivity contribution in [1.29, 1.82) is 0 Å². The van der Waals surface area contributed by atoms with Crippen LogP contribution in [0.3, 0.4) is 0 Å². The summed E-state index contributed by atoms with van der Waals surface area (Å²) in [6, 6.07) is 24.7. The van der Waals surface area contributed by atoms with E-state index in [4.69, 9.17) is 0 Å². The molecule has 35 heavy (non-hydrogen) atoms. The number of rotatable bonds is 8. The summed E-state index contributed by atoms with van der Waals surface area (Å²) in [6.07, 6.45) is -2.68. The van der Waals surface area contributed by atoms with Gasteiger partial charge in [-0.15, -0.1) is 0 Å². The highest BCUT2D eigenvalue weighted by Gasteiger charge is 2.30. The number of aromatic nitrogens is 1. The largest absolute Gasteiger partial charge is 0.416 e. The van der Waals surface area contributed by atoms with Gasteiger partial charge in [0.1, 0.15) is 0 Å². The molecule has 4 nitrogen and oxygen atoms in total. The predicted octanol–water partition coefficient (Wildman–Crippen LogP) is 6.25. The molecular formula is C27H25F3N2O2S. The maximum absolute atomic E-state index is 13.6. The molecule has 8 heteroatoms. The van der Waals surface area contributed by atoms with Gasteiger partial charge in [0.15, 0.2) is 0 Å². The van der Waals surface area contributed by atoms with Crippen molar-refractivity contribution in [3.05, 3.63) is 125 Å². The van der Waals surface area contributed by atoms with Crippen molar-refractivity contribution in [3.8, 4) is 0 Å². The Labute approximate surface area is 203 Å². The van der Waals surface area contributed by atoms with Crippen LogP contribution in [0.5, 0.6) is 0 Å². The molecule has 4 rings (SSSR count). The zero-order valence-electron chi connectivity index (χ0n) is 19.1. The third kappa shape index (κ3) is 6.01. The summed E-state index contributed by atoms with van der Waals surface area (Å²) in [4.78, 5) is 0.190. The fourth-order valence-corrected chi connectivity index (χ4v) is 5.24. The van der Waals surface area contributed by atoms with Crippen LogP contribution in [0.1, 0.15) is 27.9 Å². The van der Waals surface area contributed by atoms with E-state index in [2.05, 4.69) is 0 Å². The van der Waals surface area contributed by atoms with E-state index < -0.39 is 21.8 Å². The third-order valence-corrected chi connectivity index (χ3v) is 7.54. The van der Waals surface area contributed by atoms with Crippen molar-refractivity contribution in [1.82, 2.24) is 8.87 Å². The van der Waals surface area contributed by atoms with Crippen LogP contribution in [-0.2, 0) is 35.8 Å². The van der Waals surface area contributed by atoms with E-state index in [1.807, 2.05) is 37.3 Å². The topological polar surface area (TPSA) is 42.3 Å². The molecule has 3 aromatic carbocycles. The van der Waals surface area contributed by atoms with E-state index in [1.165, 1.54) is 10.4 Å². The van der Waals surface area contributed by atoms with E-state index in [-0.39, 0.29) is 24.5 Å². The van der Waals surface area contributed by atoms with Gasteiger partial charge < -0.3 is 4.57 Å². The van der Waals surface area contributed by atoms with Crippen LogP contribution in [-0.4, -0.2) is 17.3 Å². The Hall–Kier alpha value is -3.36. The highest BCUT2D eigenvalue weighted by atomic mass is 32.2. The van der Waals surface area contributed by atoms with E-state index in [1.54, 1.807) is 53.2 Å². The zero-order chi connectivity index (χ0) is 25.1. The maximum atomic E-state index is 13.6. The smallest absolute Gasteiger partial charge is 0.346 e. The molecule has 0 bridgehead atoms. The molecule has 0 radical (unpaired) electrons. The molecule has 0 saturated carbocycles. The van der Waals surface area contributed by atoms with Crippen LogP contribution in [0.15, 0.2) is 102 Å². The van der Waals surface area contributed by atoms with Crippen molar-refractivity contribution < 1.29 is 21.6 Å². The fraction of sp³-hybridized carbons (Fsp3) is 0.185. The molecule has 0 aliphatic carbocycles. The van der Waals surface area contributed by atoms with Gasteiger partial charge in [0.25, 0.3) is 0 Å². The number of benzene rings is 3. The highest BCUT2D eigenvalue weighted by Crippen LogP contribution is 2.30. The lowest BCUT2D eigenvalue weighted by Crippen LogP contribution is -2.31. The van der Waals surface area contributed by atoms with E-state index in [0.29, 0.717) is 11.3 Å². The summed E-state index contributed by atoms with van der Waals surface area (Å²) in [6.45, 7) is 2.30. The monoisotopic (exact) mass is 498 g/mol. The SMILES string of the molecule is Cc1ccc(S(=O)(=O)N(Cc2ccccc2)Cc2cccn2Cc2cccc(C(F)(F)F)c2)cc1. The van der Waals surface area contributed by atoms with Crippen molar-refractivity contribution in [3.63, 3.8) is 0 Å². The van der Waals surface area contributed by atoms with Crippen LogP contribution >= 0.6 is 0 Å². The summed E-state index contributed by atoms with van der Waals surface area (Å²) >= 11 is 0. The number of hydrogen-bond acceptors (Lipinski definition) is 2. The lowest BCUT2D eigenvalue weighted by atomic mass is 10.1. The Bertz CT molecular complexity index is 1380. The van der Waals surface area contributed by atoms with Gasteiger partial charge in [-0.25, -0.2) is 8.42 Å². The van der Waals surface area contributed by atoms with Gasteiger partial charge >= 0.3 is 6.18 Å². The second-order valence-corrected chi connectivity index (χ2v) is 10.3. The second kappa shape index (κ2) is 10.1. The third-order valence-electron chi connectivity index (χ3n) is 5.73. The van der Waals surface area contributed by atoms with Crippen molar-refractivity contribution >= 4 is 10.0 Å². The van der Waals surface area contributed by atoms with Gasteiger partial charge in [0.05, 0.1) is 17.0 Å². The van der Waals surface area contributed by atoms with Crippen molar-refractivity contribution in [2.75, 3.05) is 0 Å². The van der Waals surface area contributed by atoms with E-state index in [0.717, 1.165) is 23.3 Å². The fourth-order valence-electron chi connectivity index (χ4n) is 3.84. The van der Waals surface area contributed by atoms with E-state index in [9.17, 15) is 21.6 Å². The molecule has 0 unspecified atom stereocenters. The Kier molecular flexibility index (Phi) is 7.14. The molecule has 182 valence electrons. The lowest BCUT2D eigenvalue weighted by molar-refractivity contribution is -0.137. The summed E-state index contributed by atoms with van der Waals surface area (Å²) < 4.78 is 69.8. The Morgan fingerprint density at radius 1 is 0.800 bits per heavy atom. The van der Waals surface area contributed by atoms with Gasteiger partial charge in [-0.1, -0.05) is 60.2 Å². The average Bonchev–Trinajstić information content (AvgIpc) is 3.25. The van der Waals surface area contributed by atoms with Crippen molar-refractivity contribution in [2.45, 2.75) is 37.6 Å². The molecular weight excluding hydrogens is 473 g/mol. The first-order chi connectivity index (χ1) is 16.6. The number of nitrogens with zero attached hydrogens (tertiary/aromatic N) is 2. The molecule has 0 aliphatic heterocycles. The van der Waals surface area contributed by atoms with Gasteiger partial charge in [-0.3, -0.25) is 0 Å². The first-order valence-electron chi connectivity index (χ1n) is 11.0. The number of alkyl halides is 3. The molecule has 1 aromatic heterocycles. The standard InChI is InChI=1S/C27H25F3N2O2S/c1-21-12-14-26(15-13-21)35(33,34)32(19-22-7-3-2-4-8-22)20-25-11-6-16-31(25)18-23-9-5-10-24(17-23)27(28,29)30/h2-17H,18-20H2,1H3. The normalized spacial score (nSPS) is 12.3. The molecule has 0 N–H and O–H groups in total. The quantitative estimate of drug-likeness (QED) is 0.288. The van der Waals surface area contributed by atoms with Crippen LogP contribution < -0.4 is 0 Å². The molecule has 1 heterocycles. The lowest BCUT2D eigenvalue weighted by Gasteiger charge is -2.23. The predicted molar refractivity (Wildman–Crippen MR) is 129 cm³/mol. The number of sulfonamides is 1. The second-order valence-electron chi connectivity index (χ2n) is 8.40. The van der Waals surface area contributed by atoms with Gasteiger partial charge in [0.2, 0.25) is 10.0 Å². The molecule has 0 aliphatic rings. The van der Waals surface area contributed by atoms with E-state index >= 15 is 0 Å². The minimum Gasteiger partial charge on any atom is -0.346 e. The number of hydrogen-bond donors (Lipinski definition) is 0. The van der Waals surface area contributed by atoms with Crippen LogP contribution in [0, 0.1) is 6.92 Å². The highest BCUT2D eigenvalue weighted by molar-refractivity contribution is 7.89. The van der Waals surface area contributed by atoms with Crippen LogP contribution in [0.25, 0.3) is 0 Å². The van der Waals surface area contributed by atoms with Crippen molar-refractivity contribution in [2.24, 2.45) is 0 Å². The number of halogens is 3. The van der Waals surface area contributed by atoms with Gasteiger partial charge in [-0.2, -0.15) is 17.5 Å². The molecule has 0 amide bonds. The first-order valence-corrected chi connectivity index (χ1v) is 12.5. The summed E-state index contributed by atoms with van der Waals surface area (Å²) in [5.74, 6) is 0. The molecule has 4 aromatic rings. The first kappa shape index (κ1) is 24.8. The number of aryl methyl sites for hydroxylation is 1. The summed E-state index contributed by atoms with van der Waals surface area (Å²) in [5.41, 5.74) is 2.23. The average molecular weight is 499 g/mol. The molecule has 0 atom stereocenters. The van der Waals surface area contributed by atoms with Crippen LogP contribution in [0.4, 0.5) is 13.2 Å². The maximum Gasteiger partial charge on any atom is 0.416 e. The molecule has 0 spiro atoms. The minimum absolute atomic E-state index is 0.0665. The van der Waals surface area contributed by atoms with Gasteiger partial charge in [-0.05, 0) is 54.4 Å². The Morgan fingerprint density at radius 2 is 1.49 bits per heavy atom. The molecule has 0 saturated heterocycles. The Morgan fingerprint density at radius 3 is 2.17 bits per heavy atom. The molecule has 0 fully saturated rings. The summed E-state index contributed by atoms with van der Waals surface area (Å²) in [5, 5.41) is 0. The van der Waals surface area contributed by atoms with Crippen LogP contribution in [0.2, 0.25) is 0 Å². The zero-order valence-corrected chi connectivity index (χ0v) is 19.9. The Balaban J connectivity index is 1.65. The van der Waals surface area contributed by atoms with Gasteiger partial charge in [0, 0.05) is 25.0 Å².